The molecule has 186 valence electrons. The van der Waals surface area contributed by atoms with Gasteiger partial charge in [0.1, 0.15) is 0 Å². The van der Waals surface area contributed by atoms with Crippen LogP contribution in [0.15, 0.2) is 140 Å². The molecule has 0 radical (unpaired) electrons. The van der Waals surface area contributed by atoms with Crippen LogP contribution in [0.5, 0.6) is 0 Å². The Labute approximate surface area is 231 Å². The maximum Gasteiger partial charge on any atom is 0.0979 e. The molecular formula is C37H23N3. The van der Waals surface area contributed by atoms with Crippen LogP contribution in [0.4, 0.5) is 0 Å². The van der Waals surface area contributed by atoms with Crippen LogP contribution in [-0.2, 0) is 0 Å². The average Bonchev–Trinajstić information content (AvgIpc) is 3.04. The molecule has 0 aliphatic carbocycles. The van der Waals surface area contributed by atoms with E-state index in [0.717, 1.165) is 55.1 Å². The van der Waals surface area contributed by atoms with Crippen LogP contribution in [0.1, 0.15) is 0 Å². The quantitative estimate of drug-likeness (QED) is 0.223. The summed E-state index contributed by atoms with van der Waals surface area (Å²) in [5.41, 5.74) is 8.17. The molecule has 0 unspecified atom stereocenters. The standard InChI is InChI=1S/C37H23N3/c1-2-9-24(10-3-1)26-17-19-30-32-23-39-33-16-7-6-14-31(33)36(32)37(40-35(30)21-26)34-20-18-27(22-38-34)29-15-8-12-25-11-4-5-13-28(25)29/h1-23H. The first-order chi connectivity index (χ1) is 19.8. The van der Waals surface area contributed by atoms with Gasteiger partial charge in [-0.2, -0.15) is 0 Å². The number of aromatic nitrogens is 3. The van der Waals surface area contributed by atoms with Gasteiger partial charge in [-0.25, -0.2) is 4.98 Å². The highest BCUT2D eigenvalue weighted by Crippen LogP contribution is 2.38. The fraction of sp³-hybridized carbons (Fsp3) is 0. The number of nitrogens with zero attached hydrogens (tertiary/aromatic N) is 3. The van der Waals surface area contributed by atoms with E-state index in [-0.39, 0.29) is 0 Å². The number of benzene rings is 5. The Kier molecular flexibility index (Phi) is 5.14. The van der Waals surface area contributed by atoms with Crippen LogP contribution in [0.3, 0.4) is 0 Å². The van der Waals surface area contributed by atoms with Crippen molar-refractivity contribution in [2.24, 2.45) is 0 Å². The molecular weight excluding hydrogens is 486 g/mol. The van der Waals surface area contributed by atoms with E-state index >= 15 is 0 Å². The summed E-state index contributed by atoms with van der Waals surface area (Å²) in [4.78, 5) is 15.1. The molecule has 8 aromatic rings. The van der Waals surface area contributed by atoms with Crippen molar-refractivity contribution in [1.82, 2.24) is 15.0 Å². The molecule has 0 atom stereocenters. The summed E-state index contributed by atoms with van der Waals surface area (Å²) in [6, 6.07) is 44.4. The summed E-state index contributed by atoms with van der Waals surface area (Å²) in [5, 5.41) is 6.77. The summed E-state index contributed by atoms with van der Waals surface area (Å²) < 4.78 is 0. The number of hydrogen-bond acceptors (Lipinski definition) is 3. The lowest BCUT2D eigenvalue weighted by atomic mass is 9.96. The highest BCUT2D eigenvalue weighted by Gasteiger charge is 2.16. The van der Waals surface area contributed by atoms with Gasteiger partial charge in [-0.15, -0.1) is 0 Å². The maximum absolute atomic E-state index is 5.27. The fourth-order valence-electron chi connectivity index (χ4n) is 5.79. The van der Waals surface area contributed by atoms with Crippen molar-refractivity contribution in [3.63, 3.8) is 0 Å². The molecule has 0 saturated heterocycles. The highest BCUT2D eigenvalue weighted by atomic mass is 14.8. The Morgan fingerprint density at radius 3 is 2.08 bits per heavy atom. The predicted molar refractivity (Wildman–Crippen MR) is 166 cm³/mol. The molecule has 0 amide bonds. The summed E-state index contributed by atoms with van der Waals surface area (Å²) in [5.74, 6) is 0. The minimum atomic E-state index is 0.845. The van der Waals surface area contributed by atoms with Crippen molar-refractivity contribution in [2.45, 2.75) is 0 Å². The van der Waals surface area contributed by atoms with Crippen molar-refractivity contribution < 1.29 is 0 Å². The predicted octanol–water partition coefficient (Wildman–Crippen LogP) is 9.49. The first-order valence-electron chi connectivity index (χ1n) is 13.4. The van der Waals surface area contributed by atoms with Gasteiger partial charge in [-0.1, -0.05) is 109 Å². The van der Waals surface area contributed by atoms with Crippen LogP contribution >= 0.6 is 0 Å². The van der Waals surface area contributed by atoms with Gasteiger partial charge in [0.2, 0.25) is 0 Å². The summed E-state index contributed by atoms with van der Waals surface area (Å²) in [6.07, 6.45) is 3.95. The minimum absolute atomic E-state index is 0.845. The molecule has 8 rings (SSSR count). The molecule has 5 aromatic carbocycles. The second-order valence-electron chi connectivity index (χ2n) is 10.1. The van der Waals surface area contributed by atoms with Gasteiger partial charge in [0.25, 0.3) is 0 Å². The lowest BCUT2D eigenvalue weighted by molar-refractivity contribution is 1.29. The Morgan fingerprint density at radius 1 is 0.425 bits per heavy atom. The van der Waals surface area contributed by atoms with Gasteiger partial charge in [-0.05, 0) is 45.7 Å². The van der Waals surface area contributed by atoms with E-state index in [0.29, 0.717) is 0 Å². The van der Waals surface area contributed by atoms with Gasteiger partial charge >= 0.3 is 0 Å². The third kappa shape index (κ3) is 3.63. The maximum atomic E-state index is 5.27. The van der Waals surface area contributed by atoms with Gasteiger partial charge in [0.05, 0.1) is 22.4 Å². The zero-order chi connectivity index (χ0) is 26.5. The van der Waals surface area contributed by atoms with Crippen molar-refractivity contribution >= 4 is 43.4 Å². The number of hydrogen-bond donors (Lipinski definition) is 0. The first-order valence-corrected chi connectivity index (χ1v) is 13.4. The SMILES string of the molecule is c1ccc(-c2ccc3c(c2)nc(-c2ccc(-c4cccc5ccccc45)cn2)c2c4ccccc4ncc32)cc1. The molecule has 0 bridgehead atoms. The van der Waals surface area contributed by atoms with Crippen LogP contribution < -0.4 is 0 Å². The molecule has 0 fully saturated rings. The molecule has 0 aliphatic rings. The normalized spacial score (nSPS) is 11.5. The van der Waals surface area contributed by atoms with Crippen LogP contribution in [0.25, 0.3) is 77.0 Å². The zero-order valence-electron chi connectivity index (χ0n) is 21.6. The molecule has 3 nitrogen and oxygen atoms in total. The van der Waals surface area contributed by atoms with Crippen LogP contribution in [-0.4, -0.2) is 15.0 Å². The largest absolute Gasteiger partial charge is 0.256 e. The Morgan fingerprint density at radius 2 is 1.20 bits per heavy atom. The summed E-state index contributed by atoms with van der Waals surface area (Å²) >= 11 is 0. The number of para-hydroxylation sites is 1. The minimum Gasteiger partial charge on any atom is -0.256 e. The van der Waals surface area contributed by atoms with Gasteiger partial charge in [-0.3, -0.25) is 9.97 Å². The van der Waals surface area contributed by atoms with Crippen molar-refractivity contribution in [3.05, 3.63) is 140 Å². The molecule has 3 heterocycles. The zero-order valence-corrected chi connectivity index (χ0v) is 21.6. The summed E-state index contributed by atoms with van der Waals surface area (Å²) in [6.45, 7) is 0. The summed E-state index contributed by atoms with van der Waals surface area (Å²) in [7, 11) is 0. The smallest absolute Gasteiger partial charge is 0.0979 e. The third-order valence-corrected chi connectivity index (χ3v) is 7.75. The highest BCUT2D eigenvalue weighted by molar-refractivity contribution is 6.20. The molecule has 0 saturated carbocycles. The van der Waals surface area contributed by atoms with E-state index in [1.807, 2.05) is 24.5 Å². The first kappa shape index (κ1) is 22.6. The van der Waals surface area contributed by atoms with E-state index < -0.39 is 0 Å². The van der Waals surface area contributed by atoms with Crippen LogP contribution in [0.2, 0.25) is 0 Å². The Bertz CT molecular complexity index is 2200. The van der Waals surface area contributed by atoms with Gasteiger partial charge < -0.3 is 0 Å². The van der Waals surface area contributed by atoms with Crippen molar-refractivity contribution in [1.29, 1.82) is 0 Å². The lowest BCUT2D eigenvalue weighted by Gasteiger charge is -2.13. The van der Waals surface area contributed by atoms with E-state index in [1.165, 1.54) is 21.9 Å². The third-order valence-electron chi connectivity index (χ3n) is 7.75. The number of fused-ring (bicyclic) bond motifs is 6. The number of rotatable bonds is 3. The van der Waals surface area contributed by atoms with Gasteiger partial charge in [0, 0.05) is 39.5 Å². The fourth-order valence-corrected chi connectivity index (χ4v) is 5.79. The molecule has 40 heavy (non-hydrogen) atoms. The molecule has 3 aromatic heterocycles. The van der Waals surface area contributed by atoms with E-state index in [4.69, 9.17) is 15.0 Å². The lowest BCUT2D eigenvalue weighted by Crippen LogP contribution is -1.95. The van der Waals surface area contributed by atoms with E-state index in [9.17, 15) is 0 Å². The molecule has 0 N–H and O–H groups in total. The van der Waals surface area contributed by atoms with Gasteiger partial charge in [0.15, 0.2) is 0 Å². The van der Waals surface area contributed by atoms with Crippen molar-refractivity contribution in [3.8, 4) is 33.6 Å². The second kappa shape index (κ2) is 9.11. The van der Waals surface area contributed by atoms with E-state index in [1.54, 1.807) is 0 Å². The average molecular weight is 510 g/mol. The Hall–Kier alpha value is -5.41. The monoisotopic (exact) mass is 509 g/mol. The topological polar surface area (TPSA) is 38.7 Å². The molecule has 0 spiro atoms. The van der Waals surface area contributed by atoms with Crippen LogP contribution in [0, 0.1) is 0 Å². The second-order valence-corrected chi connectivity index (χ2v) is 10.1. The van der Waals surface area contributed by atoms with E-state index in [2.05, 4.69) is 115 Å². The number of pyridine rings is 3. The molecule has 3 heteroatoms. The molecule has 0 aliphatic heterocycles. The Balaban J connectivity index is 1.37. The van der Waals surface area contributed by atoms with Crippen molar-refractivity contribution in [2.75, 3.05) is 0 Å².